The van der Waals surface area contributed by atoms with E-state index in [1.807, 2.05) is 25.1 Å². The Hall–Kier alpha value is -2.67. The molecule has 0 fully saturated rings. The van der Waals surface area contributed by atoms with E-state index in [2.05, 4.69) is 15.1 Å². The van der Waals surface area contributed by atoms with Gasteiger partial charge in [-0.1, -0.05) is 24.6 Å². The van der Waals surface area contributed by atoms with Crippen molar-refractivity contribution in [3.63, 3.8) is 0 Å². The first-order chi connectivity index (χ1) is 11.6. The molecule has 0 aliphatic carbocycles. The third-order valence-corrected chi connectivity index (χ3v) is 3.80. The second-order valence-corrected chi connectivity index (χ2v) is 5.68. The van der Waals surface area contributed by atoms with Gasteiger partial charge in [0.15, 0.2) is 5.82 Å². The summed E-state index contributed by atoms with van der Waals surface area (Å²) in [5.41, 5.74) is -0.0304. The van der Waals surface area contributed by atoms with Crippen LogP contribution in [0.3, 0.4) is 0 Å². The maximum atomic E-state index is 11.8. The van der Waals surface area contributed by atoms with Crippen LogP contribution in [0.1, 0.15) is 18.6 Å². The van der Waals surface area contributed by atoms with Gasteiger partial charge in [0.05, 0.1) is 5.69 Å². The van der Waals surface area contributed by atoms with Crippen molar-refractivity contribution >= 4 is 11.6 Å². The van der Waals surface area contributed by atoms with Gasteiger partial charge in [-0.25, -0.2) is 14.5 Å². The molecule has 124 valence electrons. The Morgan fingerprint density at radius 2 is 2.08 bits per heavy atom. The van der Waals surface area contributed by atoms with E-state index in [9.17, 15) is 9.59 Å². The normalized spacial score (nSPS) is 10.9. The lowest BCUT2D eigenvalue weighted by Gasteiger charge is -2.07. The largest absolute Gasteiger partial charge is 0.328 e. The van der Waals surface area contributed by atoms with E-state index in [0.717, 1.165) is 17.3 Å². The zero-order valence-corrected chi connectivity index (χ0v) is 13.8. The Bertz CT molecular complexity index is 973. The van der Waals surface area contributed by atoms with Crippen LogP contribution in [0, 0.1) is 0 Å². The van der Waals surface area contributed by atoms with Gasteiger partial charge < -0.3 is 4.57 Å². The maximum absolute atomic E-state index is 11.8. The number of rotatable bonds is 5. The van der Waals surface area contributed by atoms with Gasteiger partial charge >= 0.3 is 5.69 Å². The second-order valence-electron chi connectivity index (χ2n) is 5.24. The summed E-state index contributed by atoms with van der Waals surface area (Å²) in [5, 5.41) is 5.11. The molecule has 0 aliphatic rings. The molecule has 1 N–H and O–H groups in total. The molecule has 0 bridgehead atoms. The summed E-state index contributed by atoms with van der Waals surface area (Å²) in [6, 6.07) is 8.67. The Kier molecular flexibility index (Phi) is 4.61. The van der Waals surface area contributed by atoms with E-state index in [4.69, 9.17) is 11.6 Å². The van der Waals surface area contributed by atoms with Crippen molar-refractivity contribution < 1.29 is 0 Å². The SMILES string of the molecule is CCc1nc(CCn2ccc(=O)[nH]c2=O)n(-c2cccc(Cl)c2)n1. The molecule has 0 amide bonds. The molecule has 2 aromatic heterocycles. The molecule has 8 heteroatoms. The zero-order chi connectivity index (χ0) is 17.1. The molecule has 1 aromatic carbocycles. The van der Waals surface area contributed by atoms with Crippen molar-refractivity contribution in [3.8, 4) is 5.69 Å². The minimum Gasteiger partial charge on any atom is -0.300 e. The molecule has 0 spiro atoms. The van der Waals surface area contributed by atoms with Crippen LogP contribution < -0.4 is 11.2 Å². The molecule has 0 saturated carbocycles. The number of aromatic nitrogens is 5. The summed E-state index contributed by atoms with van der Waals surface area (Å²) in [4.78, 5) is 29.6. The Labute approximate surface area is 142 Å². The summed E-state index contributed by atoms with van der Waals surface area (Å²) in [6.45, 7) is 2.37. The van der Waals surface area contributed by atoms with Gasteiger partial charge in [-0.2, -0.15) is 5.10 Å². The molecule has 0 unspecified atom stereocenters. The molecule has 24 heavy (non-hydrogen) atoms. The van der Waals surface area contributed by atoms with Crippen LogP contribution in [-0.4, -0.2) is 24.3 Å². The van der Waals surface area contributed by atoms with E-state index in [1.165, 1.54) is 16.8 Å². The average Bonchev–Trinajstić information content (AvgIpc) is 2.97. The smallest absolute Gasteiger partial charge is 0.300 e. The average molecular weight is 346 g/mol. The van der Waals surface area contributed by atoms with Crippen molar-refractivity contribution in [2.45, 2.75) is 26.3 Å². The molecule has 7 nitrogen and oxygen atoms in total. The number of H-pyrrole nitrogens is 1. The number of halogens is 1. The predicted molar refractivity (Wildman–Crippen MR) is 90.8 cm³/mol. The minimum atomic E-state index is -0.438. The number of nitrogens with zero attached hydrogens (tertiary/aromatic N) is 4. The number of hydrogen-bond donors (Lipinski definition) is 1. The lowest BCUT2D eigenvalue weighted by atomic mass is 10.3. The van der Waals surface area contributed by atoms with Crippen LogP contribution in [0.5, 0.6) is 0 Å². The topological polar surface area (TPSA) is 85.6 Å². The molecule has 0 aliphatic heterocycles. The fraction of sp³-hybridized carbons (Fsp3) is 0.250. The van der Waals surface area contributed by atoms with Gasteiger partial charge in [0.25, 0.3) is 5.56 Å². The van der Waals surface area contributed by atoms with Gasteiger partial charge in [0.1, 0.15) is 5.82 Å². The lowest BCUT2D eigenvalue weighted by Crippen LogP contribution is -2.29. The van der Waals surface area contributed by atoms with Gasteiger partial charge in [-0.3, -0.25) is 9.78 Å². The van der Waals surface area contributed by atoms with Crippen molar-refractivity contribution in [3.05, 3.63) is 74.0 Å². The predicted octanol–water partition coefficient (Wildman–Crippen LogP) is 1.58. The summed E-state index contributed by atoms with van der Waals surface area (Å²) in [6.07, 6.45) is 2.67. The Balaban J connectivity index is 1.91. The molecular formula is C16H16ClN5O2. The van der Waals surface area contributed by atoms with Crippen LogP contribution in [-0.2, 0) is 19.4 Å². The summed E-state index contributed by atoms with van der Waals surface area (Å²) < 4.78 is 3.17. The quantitative estimate of drug-likeness (QED) is 0.760. The van der Waals surface area contributed by atoms with E-state index in [0.29, 0.717) is 24.4 Å². The summed E-state index contributed by atoms with van der Waals surface area (Å²) in [7, 11) is 0. The maximum Gasteiger partial charge on any atom is 0.328 e. The van der Waals surface area contributed by atoms with Gasteiger partial charge in [-0.15, -0.1) is 0 Å². The molecule has 0 radical (unpaired) electrons. The summed E-state index contributed by atoms with van der Waals surface area (Å²) >= 11 is 6.06. The molecule has 2 heterocycles. The van der Waals surface area contributed by atoms with Crippen molar-refractivity contribution in [2.24, 2.45) is 0 Å². The van der Waals surface area contributed by atoms with Crippen LogP contribution in [0.25, 0.3) is 5.69 Å². The highest BCUT2D eigenvalue weighted by Crippen LogP contribution is 2.16. The van der Waals surface area contributed by atoms with Crippen molar-refractivity contribution in [1.29, 1.82) is 0 Å². The molecule has 0 saturated heterocycles. The van der Waals surface area contributed by atoms with Crippen LogP contribution in [0.15, 0.2) is 46.1 Å². The number of aromatic amines is 1. The van der Waals surface area contributed by atoms with Crippen LogP contribution in [0.4, 0.5) is 0 Å². The van der Waals surface area contributed by atoms with E-state index in [1.54, 1.807) is 10.7 Å². The van der Waals surface area contributed by atoms with E-state index < -0.39 is 11.2 Å². The fourth-order valence-electron chi connectivity index (χ4n) is 2.36. The standard InChI is InChI=1S/C16H16ClN5O2/c1-2-13-18-14(6-8-21-9-7-15(23)19-16(21)24)22(20-13)12-5-3-4-11(17)10-12/h3-5,7,9-10H,2,6,8H2,1H3,(H,19,23,24). The number of benzene rings is 1. The number of nitrogens with one attached hydrogen (secondary N) is 1. The first kappa shape index (κ1) is 16.2. The van der Waals surface area contributed by atoms with E-state index >= 15 is 0 Å². The third kappa shape index (κ3) is 3.46. The number of aryl methyl sites for hydroxylation is 3. The van der Waals surface area contributed by atoms with Crippen LogP contribution in [0.2, 0.25) is 5.02 Å². The first-order valence-electron chi connectivity index (χ1n) is 7.57. The van der Waals surface area contributed by atoms with E-state index in [-0.39, 0.29) is 0 Å². The van der Waals surface area contributed by atoms with Crippen LogP contribution >= 0.6 is 11.6 Å². The lowest BCUT2D eigenvalue weighted by molar-refractivity contribution is 0.616. The molecular weight excluding hydrogens is 330 g/mol. The van der Waals surface area contributed by atoms with Gasteiger partial charge in [0, 0.05) is 36.7 Å². The van der Waals surface area contributed by atoms with Crippen molar-refractivity contribution in [2.75, 3.05) is 0 Å². The highest BCUT2D eigenvalue weighted by Gasteiger charge is 2.11. The third-order valence-electron chi connectivity index (χ3n) is 3.56. The first-order valence-corrected chi connectivity index (χ1v) is 7.95. The number of hydrogen-bond acceptors (Lipinski definition) is 4. The molecule has 3 aromatic rings. The Morgan fingerprint density at radius 1 is 1.25 bits per heavy atom. The van der Waals surface area contributed by atoms with Crippen molar-refractivity contribution in [1.82, 2.24) is 24.3 Å². The second kappa shape index (κ2) is 6.84. The molecule has 0 atom stereocenters. The molecule has 3 rings (SSSR count). The highest BCUT2D eigenvalue weighted by atomic mass is 35.5. The summed E-state index contributed by atoms with van der Waals surface area (Å²) in [5.74, 6) is 1.45. The minimum absolute atomic E-state index is 0.387. The zero-order valence-electron chi connectivity index (χ0n) is 13.1. The van der Waals surface area contributed by atoms with Gasteiger partial charge in [0.2, 0.25) is 0 Å². The monoisotopic (exact) mass is 345 g/mol. The van der Waals surface area contributed by atoms with Gasteiger partial charge in [-0.05, 0) is 18.2 Å². The fourth-order valence-corrected chi connectivity index (χ4v) is 2.54. The highest BCUT2D eigenvalue weighted by molar-refractivity contribution is 6.30. The Morgan fingerprint density at radius 3 is 2.79 bits per heavy atom.